The fourth-order valence-corrected chi connectivity index (χ4v) is 2.43. The molecule has 1 aromatic carbocycles. The van der Waals surface area contributed by atoms with Crippen molar-refractivity contribution in [1.82, 2.24) is 5.32 Å². The van der Waals surface area contributed by atoms with Crippen LogP contribution in [0.5, 0.6) is 0 Å². The summed E-state index contributed by atoms with van der Waals surface area (Å²) in [7, 11) is 0. The van der Waals surface area contributed by atoms with E-state index in [9.17, 15) is 0 Å². The molecule has 0 bridgehead atoms. The van der Waals surface area contributed by atoms with E-state index in [0.717, 1.165) is 12.5 Å². The van der Waals surface area contributed by atoms with E-state index in [1.807, 2.05) is 11.8 Å². The van der Waals surface area contributed by atoms with E-state index >= 15 is 0 Å². The van der Waals surface area contributed by atoms with Crippen molar-refractivity contribution >= 4 is 11.8 Å². The number of benzene rings is 1. The van der Waals surface area contributed by atoms with Crippen LogP contribution in [0.25, 0.3) is 0 Å². The lowest BCUT2D eigenvalue weighted by Gasteiger charge is -2.03. The molecule has 1 saturated carbocycles. The van der Waals surface area contributed by atoms with Gasteiger partial charge in [0.1, 0.15) is 0 Å². The molecule has 1 fully saturated rings. The van der Waals surface area contributed by atoms with Gasteiger partial charge in [0.15, 0.2) is 0 Å². The molecule has 82 valence electrons. The van der Waals surface area contributed by atoms with Crippen LogP contribution in [0.2, 0.25) is 0 Å². The van der Waals surface area contributed by atoms with Gasteiger partial charge < -0.3 is 5.32 Å². The Kier molecular flexibility index (Phi) is 4.55. The van der Waals surface area contributed by atoms with Gasteiger partial charge in [0, 0.05) is 17.2 Å². The maximum Gasteiger partial charge on any atom is 0.0106 e. The van der Waals surface area contributed by atoms with Crippen molar-refractivity contribution in [2.45, 2.75) is 24.2 Å². The highest BCUT2D eigenvalue weighted by Gasteiger charge is 2.19. The second-order valence-corrected chi connectivity index (χ2v) is 5.31. The zero-order valence-electron chi connectivity index (χ0n) is 9.11. The Balaban J connectivity index is 1.47. The Labute approximate surface area is 96.7 Å². The summed E-state index contributed by atoms with van der Waals surface area (Å²) in [5, 5.41) is 3.51. The third kappa shape index (κ3) is 4.72. The smallest absolute Gasteiger partial charge is 0.0106 e. The van der Waals surface area contributed by atoms with Crippen molar-refractivity contribution in [3.05, 3.63) is 30.3 Å². The SMILES string of the molecule is c1ccc(SCCNCCC2CC2)cc1. The Morgan fingerprint density at radius 3 is 2.67 bits per heavy atom. The van der Waals surface area contributed by atoms with Gasteiger partial charge in [-0.2, -0.15) is 0 Å². The molecule has 1 aliphatic carbocycles. The molecule has 1 aromatic rings. The summed E-state index contributed by atoms with van der Waals surface area (Å²) in [5.74, 6) is 2.23. The van der Waals surface area contributed by atoms with Gasteiger partial charge in [-0.3, -0.25) is 0 Å². The molecule has 0 saturated heterocycles. The van der Waals surface area contributed by atoms with Crippen LogP contribution in [0, 0.1) is 5.92 Å². The van der Waals surface area contributed by atoms with E-state index in [1.54, 1.807) is 0 Å². The first-order valence-electron chi connectivity index (χ1n) is 5.84. The molecule has 0 radical (unpaired) electrons. The van der Waals surface area contributed by atoms with Crippen LogP contribution in [0.1, 0.15) is 19.3 Å². The molecule has 0 atom stereocenters. The third-order valence-electron chi connectivity index (χ3n) is 2.72. The lowest BCUT2D eigenvalue weighted by atomic mass is 10.3. The van der Waals surface area contributed by atoms with Gasteiger partial charge in [-0.1, -0.05) is 31.0 Å². The fourth-order valence-electron chi connectivity index (χ4n) is 1.60. The lowest BCUT2D eigenvalue weighted by Crippen LogP contribution is -2.18. The summed E-state index contributed by atoms with van der Waals surface area (Å²) >= 11 is 1.93. The minimum Gasteiger partial charge on any atom is -0.316 e. The molecular weight excluding hydrogens is 202 g/mol. The molecule has 0 aromatic heterocycles. The highest BCUT2D eigenvalue weighted by Crippen LogP contribution is 2.31. The zero-order chi connectivity index (χ0) is 10.3. The van der Waals surface area contributed by atoms with Crippen LogP contribution in [0.4, 0.5) is 0 Å². The maximum atomic E-state index is 3.51. The highest BCUT2D eigenvalue weighted by atomic mass is 32.2. The molecule has 0 unspecified atom stereocenters. The van der Waals surface area contributed by atoms with E-state index in [4.69, 9.17) is 0 Å². The fraction of sp³-hybridized carbons (Fsp3) is 0.538. The van der Waals surface area contributed by atoms with Crippen molar-refractivity contribution < 1.29 is 0 Å². The Hall–Kier alpha value is -0.470. The predicted molar refractivity (Wildman–Crippen MR) is 67.4 cm³/mol. The second kappa shape index (κ2) is 6.19. The first-order chi connectivity index (χ1) is 7.45. The molecule has 1 N–H and O–H groups in total. The average Bonchev–Trinajstić information content (AvgIpc) is 3.09. The van der Waals surface area contributed by atoms with E-state index < -0.39 is 0 Å². The molecule has 0 amide bonds. The minimum atomic E-state index is 1.05. The number of hydrogen-bond donors (Lipinski definition) is 1. The molecule has 15 heavy (non-hydrogen) atoms. The van der Waals surface area contributed by atoms with Crippen LogP contribution in [0.3, 0.4) is 0 Å². The van der Waals surface area contributed by atoms with Crippen molar-refractivity contribution in [2.75, 3.05) is 18.8 Å². The van der Waals surface area contributed by atoms with Crippen LogP contribution in [0.15, 0.2) is 35.2 Å². The van der Waals surface area contributed by atoms with Crippen LogP contribution in [-0.2, 0) is 0 Å². The minimum absolute atomic E-state index is 1.05. The normalized spacial score (nSPS) is 15.5. The van der Waals surface area contributed by atoms with E-state index in [1.165, 1.54) is 36.5 Å². The van der Waals surface area contributed by atoms with Crippen molar-refractivity contribution in [3.63, 3.8) is 0 Å². The van der Waals surface area contributed by atoms with Crippen LogP contribution in [-0.4, -0.2) is 18.8 Å². The molecular formula is C13H19NS. The van der Waals surface area contributed by atoms with Crippen molar-refractivity contribution in [1.29, 1.82) is 0 Å². The highest BCUT2D eigenvalue weighted by molar-refractivity contribution is 7.99. The zero-order valence-corrected chi connectivity index (χ0v) is 9.93. The first kappa shape index (κ1) is 11.0. The second-order valence-electron chi connectivity index (χ2n) is 4.14. The van der Waals surface area contributed by atoms with E-state index in [2.05, 4.69) is 35.6 Å². The summed E-state index contributed by atoms with van der Waals surface area (Å²) in [6, 6.07) is 10.6. The van der Waals surface area contributed by atoms with Crippen molar-refractivity contribution in [3.8, 4) is 0 Å². The van der Waals surface area contributed by atoms with Crippen LogP contribution < -0.4 is 5.32 Å². The van der Waals surface area contributed by atoms with Gasteiger partial charge >= 0.3 is 0 Å². The van der Waals surface area contributed by atoms with Crippen LogP contribution >= 0.6 is 11.8 Å². The maximum absolute atomic E-state index is 3.51. The van der Waals surface area contributed by atoms with Gasteiger partial charge in [0.25, 0.3) is 0 Å². The first-order valence-corrected chi connectivity index (χ1v) is 6.82. The summed E-state index contributed by atoms with van der Waals surface area (Å²) in [6.45, 7) is 2.34. The van der Waals surface area contributed by atoms with Gasteiger partial charge in [0.05, 0.1) is 0 Å². The molecule has 0 heterocycles. The molecule has 0 aliphatic heterocycles. The van der Waals surface area contributed by atoms with Gasteiger partial charge in [-0.15, -0.1) is 11.8 Å². The number of thioether (sulfide) groups is 1. The molecule has 2 rings (SSSR count). The quantitative estimate of drug-likeness (QED) is 0.560. The monoisotopic (exact) mass is 221 g/mol. The summed E-state index contributed by atoms with van der Waals surface area (Å²) in [4.78, 5) is 1.38. The van der Waals surface area contributed by atoms with Gasteiger partial charge in [-0.05, 0) is 31.0 Å². The third-order valence-corrected chi connectivity index (χ3v) is 3.73. The van der Waals surface area contributed by atoms with Gasteiger partial charge in [-0.25, -0.2) is 0 Å². The van der Waals surface area contributed by atoms with Gasteiger partial charge in [0.2, 0.25) is 0 Å². The number of nitrogens with one attached hydrogen (secondary N) is 1. The average molecular weight is 221 g/mol. The van der Waals surface area contributed by atoms with E-state index in [0.29, 0.717) is 0 Å². The molecule has 1 aliphatic rings. The predicted octanol–water partition coefficient (Wildman–Crippen LogP) is 3.17. The van der Waals surface area contributed by atoms with E-state index in [-0.39, 0.29) is 0 Å². The standard InChI is InChI=1S/C13H19NS/c1-2-4-13(5-3-1)15-11-10-14-9-8-12-6-7-12/h1-5,12,14H,6-11H2. The number of hydrogen-bond acceptors (Lipinski definition) is 2. The van der Waals surface area contributed by atoms with Crippen molar-refractivity contribution in [2.24, 2.45) is 5.92 Å². The molecule has 0 spiro atoms. The lowest BCUT2D eigenvalue weighted by molar-refractivity contribution is 0.633. The Morgan fingerprint density at radius 1 is 1.13 bits per heavy atom. The summed E-state index contributed by atoms with van der Waals surface area (Å²) in [6.07, 6.45) is 4.33. The Bertz CT molecular complexity index is 269. The largest absolute Gasteiger partial charge is 0.316 e. The summed E-state index contributed by atoms with van der Waals surface area (Å²) < 4.78 is 0. The summed E-state index contributed by atoms with van der Waals surface area (Å²) in [5.41, 5.74) is 0. The topological polar surface area (TPSA) is 12.0 Å². The molecule has 1 nitrogen and oxygen atoms in total. The Morgan fingerprint density at radius 2 is 1.93 bits per heavy atom. The molecule has 2 heteroatoms. The number of rotatable bonds is 7.